The SMILES string of the molecule is NC1(N)C=CC(c2ccccc2-c2ccccc2)=CC1. The molecule has 2 nitrogen and oxygen atoms in total. The van der Waals surface area contributed by atoms with E-state index in [4.69, 9.17) is 11.5 Å². The van der Waals surface area contributed by atoms with Gasteiger partial charge in [-0.1, -0.05) is 66.7 Å². The average Bonchev–Trinajstić information content (AvgIpc) is 2.48. The fourth-order valence-electron chi connectivity index (χ4n) is 2.47. The number of benzene rings is 2. The molecule has 0 heterocycles. The fraction of sp³-hybridized carbons (Fsp3) is 0.111. The molecule has 3 rings (SSSR count). The van der Waals surface area contributed by atoms with Gasteiger partial charge in [-0.2, -0.15) is 0 Å². The van der Waals surface area contributed by atoms with Crippen LogP contribution in [0.4, 0.5) is 0 Å². The first-order valence-corrected chi connectivity index (χ1v) is 6.78. The van der Waals surface area contributed by atoms with Crippen LogP contribution < -0.4 is 11.5 Å². The predicted molar refractivity (Wildman–Crippen MR) is 84.7 cm³/mol. The van der Waals surface area contributed by atoms with Gasteiger partial charge in [0.05, 0.1) is 5.66 Å². The Morgan fingerprint density at radius 1 is 0.800 bits per heavy atom. The molecule has 1 aliphatic rings. The Hall–Kier alpha value is -2.16. The number of hydrogen-bond donors (Lipinski definition) is 2. The van der Waals surface area contributed by atoms with Gasteiger partial charge in [0.15, 0.2) is 0 Å². The summed E-state index contributed by atoms with van der Waals surface area (Å²) < 4.78 is 0. The number of nitrogens with two attached hydrogens (primary N) is 2. The highest BCUT2D eigenvalue weighted by Gasteiger charge is 2.18. The van der Waals surface area contributed by atoms with Gasteiger partial charge in [0.2, 0.25) is 0 Å². The quantitative estimate of drug-likeness (QED) is 0.816. The van der Waals surface area contributed by atoms with E-state index in [0.717, 1.165) is 0 Å². The predicted octanol–water partition coefficient (Wildman–Crippen LogP) is 3.31. The zero-order valence-corrected chi connectivity index (χ0v) is 11.3. The third-order valence-electron chi connectivity index (χ3n) is 3.57. The summed E-state index contributed by atoms with van der Waals surface area (Å²) in [4.78, 5) is 0. The Kier molecular flexibility index (Phi) is 3.26. The van der Waals surface area contributed by atoms with Gasteiger partial charge in [0.1, 0.15) is 0 Å². The summed E-state index contributed by atoms with van der Waals surface area (Å²) in [5, 5.41) is 0. The Morgan fingerprint density at radius 3 is 2.10 bits per heavy atom. The Balaban J connectivity index is 2.04. The topological polar surface area (TPSA) is 52.0 Å². The van der Waals surface area contributed by atoms with E-state index in [1.807, 2.05) is 18.2 Å². The minimum absolute atomic E-state index is 0.655. The van der Waals surface area contributed by atoms with E-state index >= 15 is 0 Å². The smallest absolute Gasteiger partial charge is 0.0867 e. The molecule has 2 heteroatoms. The summed E-state index contributed by atoms with van der Waals surface area (Å²) >= 11 is 0. The molecule has 1 aliphatic carbocycles. The van der Waals surface area contributed by atoms with Crippen molar-refractivity contribution in [3.8, 4) is 11.1 Å². The molecule has 2 aromatic carbocycles. The molecule has 0 aromatic heterocycles. The van der Waals surface area contributed by atoms with Crippen molar-refractivity contribution in [3.63, 3.8) is 0 Å². The summed E-state index contributed by atoms with van der Waals surface area (Å²) in [5.74, 6) is 0. The maximum absolute atomic E-state index is 5.91. The molecule has 0 aliphatic heterocycles. The lowest BCUT2D eigenvalue weighted by atomic mass is 9.89. The zero-order valence-electron chi connectivity index (χ0n) is 11.3. The first kappa shape index (κ1) is 12.9. The van der Waals surface area contributed by atoms with Crippen LogP contribution in [0.5, 0.6) is 0 Å². The normalized spacial score (nSPS) is 16.8. The average molecular weight is 262 g/mol. The molecule has 0 spiro atoms. The fourth-order valence-corrected chi connectivity index (χ4v) is 2.47. The molecular weight excluding hydrogens is 244 g/mol. The van der Waals surface area contributed by atoms with E-state index in [1.54, 1.807) is 0 Å². The lowest BCUT2D eigenvalue weighted by Crippen LogP contribution is -2.47. The number of hydrogen-bond acceptors (Lipinski definition) is 2. The molecule has 20 heavy (non-hydrogen) atoms. The molecule has 2 aromatic rings. The molecule has 0 saturated heterocycles. The second-order valence-corrected chi connectivity index (χ2v) is 5.22. The highest BCUT2D eigenvalue weighted by atomic mass is 14.9. The molecule has 0 fully saturated rings. The Bertz CT molecular complexity index is 667. The van der Waals surface area contributed by atoms with Gasteiger partial charge >= 0.3 is 0 Å². The highest BCUT2D eigenvalue weighted by Crippen LogP contribution is 2.31. The molecule has 4 N–H and O–H groups in total. The van der Waals surface area contributed by atoms with Gasteiger partial charge in [-0.05, 0) is 28.3 Å². The zero-order chi connectivity index (χ0) is 14.0. The van der Waals surface area contributed by atoms with Crippen molar-refractivity contribution in [2.24, 2.45) is 11.5 Å². The van der Waals surface area contributed by atoms with Gasteiger partial charge in [0, 0.05) is 6.42 Å². The number of allylic oxidation sites excluding steroid dienone is 2. The molecular formula is C18H18N2. The highest BCUT2D eigenvalue weighted by molar-refractivity contribution is 5.86. The van der Waals surface area contributed by atoms with Gasteiger partial charge in [0.25, 0.3) is 0 Å². The third kappa shape index (κ3) is 2.57. The monoisotopic (exact) mass is 262 g/mol. The van der Waals surface area contributed by atoms with Gasteiger partial charge in [-0.15, -0.1) is 0 Å². The van der Waals surface area contributed by atoms with E-state index in [-0.39, 0.29) is 0 Å². The third-order valence-corrected chi connectivity index (χ3v) is 3.57. The van der Waals surface area contributed by atoms with E-state index in [9.17, 15) is 0 Å². The van der Waals surface area contributed by atoms with Crippen LogP contribution in [0.25, 0.3) is 16.7 Å². The first-order valence-electron chi connectivity index (χ1n) is 6.78. The van der Waals surface area contributed by atoms with Crippen LogP contribution in [-0.2, 0) is 0 Å². The van der Waals surface area contributed by atoms with Gasteiger partial charge in [-0.25, -0.2) is 0 Å². The first-order chi connectivity index (χ1) is 9.66. The maximum atomic E-state index is 5.91. The summed E-state index contributed by atoms with van der Waals surface area (Å²) in [6.45, 7) is 0. The molecule has 0 saturated carbocycles. The van der Waals surface area contributed by atoms with Crippen LogP contribution in [0.1, 0.15) is 12.0 Å². The number of rotatable bonds is 2. The van der Waals surface area contributed by atoms with Crippen molar-refractivity contribution in [2.45, 2.75) is 12.1 Å². The van der Waals surface area contributed by atoms with E-state index in [2.05, 4.69) is 54.6 Å². The lowest BCUT2D eigenvalue weighted by Gasteiger charge is -2.23. The van der Waals surface area contributed by atoms with Crippen LogP contribution in [0, 0.1) is 0 Å². The summed E-state index contributed by atoms with van der Waals surface area (Å²) in [7, 11) is 0. The maximum Gasteiger partial charge on any atom is 0.0867 e. The van der Waals surface area contributed by atoms with E-state index in [1.165, 1.54) is 22.3 Å². The molecule has 100 valence electrons. The van der Waals surface area contributed by atoms with Gasteiger partial charge < -0.3 is 11.5 Å². The van der Waals surface area contributed by atoms with Crippen LogP contribution in [0.3, 0.4) is 0 Å². The van der Waals surface area contributed by atoms with E-state index in [0.29, 0.717) is 6.42 Å². The van der Waals surface area contributed by atoms with Crippen molar-refractivity contribution in [2.75, 3.05) is 0 Å². The lowest BCUT2D eigenvalue weighted by molar-refractivity contribution is 0.559. The van der Waals surface area contributed by atoms with Crippen LogP contribution >= 0.6 is 0 Å². The summed E-state index contributed by atoms with van der Waals surface area (Å²) in [5.41, 5.74) is 15.9. The molecule has 0 atom stereocenters. The second kappa shape index (κ2) is 5.08. The molecule has 0 bridgehead atoms. The van der Waals surface area contributed by atoms with Gasteiger partial charge in [-0.3, -0.25) is 0 Å². The molecule has 0 amide bonds. The summed E-state index contributed by atoms with van der Waals surface area (Å²) in [6.07, 6.45) is 6.67. The Labute approximate surface area is 119 Å². The minimum Gasteiger partial charge on any atom is -0.310 e. The minimum atomic E-state index is -0.717. The largest absolute Gasteiger partial charge is 0.310 e. The van der Waals surface area contributed by atoms with Crippen LogP contribution in [-0.4, -0.2) is 5.66 Å². The van der Waals surface area contributed by atoms with Crippen molar-refractivity contribution < 1.29 is 0 Å². The standard InChI is InChI=1S/C18H18N2/c19-18(20)12-10-15(11-13-18)17-9-5-4-8-16(17)14-6-2-1-3-7-14/h1-12H,13,19-20H2. The van der Waals surface area contributed by atoms with Crippen molar-refractivity contribution >= 4 is 5.57 Å². The molecule has 0 unspecified atom stereocenters. The van der Waals surface area contributed by atoms with Crippen molar-refractivity contribution in [1.29, 1.82) is 0 Å². The Morgan fingerprint density at radius 2 is 1.45 bits per heavy atom. The van der Waals surface area contributed by atoms with Crippen LogP contribution in [0.2, 0.25) is 0 Å². The van der Waals surface area contributed by atoms with Crippen LogP contribution in [0.15, 0.2) is 72.8 Å². The summed E-state index contributed by atoms with van der Waals surface area (Å²) in [6, 6.07) is 18.8. The second-order valence-electron chi connectivity index (χ2n) is 5.22. The van der Waals surface area contributed by atoms with Crippen molar-refractivity contribution in [1.82, 2.24) is 0 Å². The molecule has 0 radical (unpaired) electrons. The van der Waals surface area contributed by atoms with Crippen molar-refractivity contribution in [3.05, 3.63) is 78.4 Å². The van der Waals surface area contributed by atoms with E-state index < -0.39 is 5.66 Å².